The quantitative estimate of drug-likeness (QED) is 0.267. The molecule has 24 heavy (non-hydrogen) atoms. The van der Waals surface area contributed by atoms with E-state index >= 15 is 0 Å². The summed E-state index contributed by atoms with van der Waals surface area (Å²) in [6.07, 6.45) is 11.9. The number of hydrogen-bond acceptors (Lipinski definition) is 0. The molecule has 0 aliphatic heterocycles. The number of allylic oxidation sites excluding steroid dienone is 6. The first-order valence-electron chi connectivity index (χ1n) is 9.89. The molecule has 0 bridgehead atoms. The average Bonchev–Trinajstić information content (AvgIpc) is 3.19. The minimum Gasteiger partial charge on any atom is -0.0998 e. The summed E-state index contributed by atoms with van der Waals surface area (Å²) < 4.78 is 0. The van der Waals surface area contributed by atoms with E-state index in [0.29, 0.717) is 5.92 Å². The summed E-state index contributed by atoms with van der Waals surface area (Å²) in [5.74, 6) is 3.13. The molecule has 1 aliphatic rings. The highest BCUT2D eigenvalue weighted by molar-refractivity contribution is 5.33. The van der Waals surface area contributed by atoms with Crippen LogP contribution in [0, 0.1) is 23.7 Å². The summed E-state index contributed by atoms with van der Waals surface area (Å²) >= 11 is 0. The maximum Gasteiger partial charge on any atom is -0.0159 e. The van der Waals surface area contributed by atoms with E-state index in [0.717, 1.165) is 43.4 Å². The second-order valence-corrected chi connectivity index (χ2v) is 8.60. The van der Waals surface area contributed by atoms with Crippen molar-refractivity contribution in [1.82, 2.24) is 0 Å². The maximum atomic E-state index is 4.38. The highest BCUT2D eigenvalue weighted by Crippen LogP contribution is 2.43. The average molecular weight is 329 g/mol. The lowest BCUT2D eigenvalue weighted by Gasteiger charge is -2.16. The van der Waals surface area contributed by atoms with Crippen LogP contribution in [0.2, 0.25) is 0 Å². The summed E-state index contributed by atoms with van der Waals surface area (Å²) in [7, 11) is 0. The van der Waals surface area contributed by atoms with E-state index in [4.69, 9.17) is 0 Å². The molecule has 1 saturated carbocycles. The van der Waals surface area contributed by atoms with Crippen molar-refractivity contribution in [3.63, 3.8) is 0 Å². The van der Waals surface area contributed by atoms with Crippen LogP contribution in [-0.4, -0.2) is 0 Å². The van der Waals surface area contributed by atoms with Gasteiger partial charge in [-0.25, -0.2) is 0 Å². The summed E-state index contributed by atoms with van der Waals surface area (Å²) in [6, 6.07) is 0. The van der Waals surface area contributed by atoms with Crippen LogP contribution < -0.4 is 0 Å². The zero-order valence-corrected chi connectivity index (χ0v) is 17.1. The molecule has 0 N–H and O–H groups in total. The molecule has 0 aromatic heterocycles. The van der Waals surface area contributed by atoms with E-state index in [1.165, 1.54) is 29.6 Å². The topological polar surface area (TPSA) is 0 Å². The normalized spacial score (nSPS) is 22.6. The Bertz CT molecular complexity index is 486. The molecule has 0 spiro atoms. The predicted octanol–water partition coefficient (Wildman–Crippen LogP) is 7.89. The van der Waals surface area contributed by atoms with Gasteiger partial charge in [-0.05, 0) is 87.2 Å². The lowest BCUT2D eigenvalue weighted by Crippen LogP contribution is -2.01. The van der Waals surface area contributed by atoms with Crippen LogP contribution in [0.5, 0.6) is 0 Å². The van der Waals surface area contributed by atoms with Gasteiger partial charge in [0.2, 0.25) is 0 Å². The van der Waals surface area contributed by atoms with Crippen molar-refractivity contribution in [2.45, 2.75) is 80.1 Å². The molecule has 1 rings (SSSR count). The third-order valence-electron chi connectivity index (χ3n) is 5.58. The van der Waals surface area contributed by atoms with Gasteiger partial charge in [-0.3, -0.25) is 0 Å². The second-order valence-electron chi connectivity index (χ2n) is 8.60. The fourth-order valence-electron chi connectivity index (χ4n) is 3.40. The van der Waals surface area contributed by atoms with Crippen molar-refractivity contribution >= 4 is 0 Å². The number of hydrogen-bond donors (Lipinski definition) is 0. The third kappa shape index (κ3) is 7.69. The second kappa shape index (κ2) is 10.1. The Balaban J connectivity index is 2.34. The Kier molecular flexibility index (Phi) is 8.81. The van der Waals surface area contributed by atoms with Gasteiger partial charge in [0, 0.05) is 0 Å². The lowest BCUT2D eigenvalue weighted by atomic mass is 9.89. The van der Waals surface area contributed by atoms with Crippen molar-refractivity contribution in [1.29, 1.82) is 0 Å². The van der Waals surface area contributed by atoms with Gasteiger partial charge in [0.05, 0.1) is 0 Å². The minimum atomic E-state index is 0.534. The van der Waals surface area contributed by atoms with Gasteiger partial charge in [-0.2, -0.15) is 0 Å². The molecule has 3 atom stereocenters. The largest absolute Gasteiger partial charge is 0.0998 e. The van der Waals surface area contributed by atoms with E-state index in [9.17, 15) is 0 Å². The molecular formula is C24H40. The summed E-state index contributed by atoms with van der Waals surface area (Å²) in [4.78, 5) is 0. The van der Waals surface area contributed by atoms with E-state index in [1.807, 2.05) is 0 Å². The first-order chi connectivity index (χ1) is 11.2. The first kappa shape index (κ1) is 21.0. The molecule has 0 heterocycles. The minimum absolute atomic E-state index is 0.534. The first-order valence-corrected chi connectivity index (χ1v) is 9.89. The van der Waals surface area contributed by atoms with Crippen molar-refractivity contribution < 1.29 is 0 Å². The highest BCUT2D eigenvalue weighted by Gasteiger charge is 2.32. The lowest BCUT2D eigenvalue weighted by molar-refractivity contribution is 0.626. The molecule has 1 aliphatic carbocycles. The monoisotopic (exact) mass is 328 g/mol. The molecule has 0 heteroatoms. The Morgan fingerprint density at radius 1 is 1.12 bits per heavy atom. The van der Waals surface area contributed by atoms with Crippen LogP contribution in [0.3, 0.4) is 0 Å². The molecule has 0 amide bonds. The van der Waals surface area contributed by atoms with Crippen LogP contribution in [0.15, 0.2) is 47.6 Å². The van der Waals surface area contributed by atoms with Crippen LogP contribution in [-0.2, 0) is 0 Å². The van der Waals surface area contributed by atoms with Crippen LogP contribution in [0.1, 0.15) is 80.1 Å². The highest BCUT2D eigenvalue weighted by atomic mass is 14.4. The molecule has 0 radical (unpaired) electrons. The van der Waals surface area contributed by atoms with Crippen molar-refractivity contribution in [3.05, 3.63) is 47.6 Å². The van der Waals surface area contributed by atoms with Crippen LogP contribution in [0.25, 0.3) is 0 Å². The Hall–Kier alpha value is -1.04. The van der Waals surface area contributed by atoms with E-state index in [-0.39, 0.29) is 0 Å². The van der Waals surface area contributed by atoms with E-state index < -0.39 is 0 Å². The van der Waals surface area contributed by atoms with Gasteiger partial charge in [0.1, 0.15) is 0 Å². The summed E-state index contributed by atoms with van der Waals surface area (Å²) in [5.41, 5.74) is 5.71. The smallest absolute Gasteiger partial charge is 0.0159 e. The van der Waals surface area contributed by atoms with Gasteiger partial charge >= 0.3 is 0 Å². The molecular weight excluding hydrogens is 288 g/mol. The summed E-state index contributed by atoms with van der Waals surface area (Å²) in [5, 5.41) is 0. The zero-order valence-electron chi connectivity index (χ0n) is 17.1. The van der Waals surface area contributed by atoms with Crippen molar-refractivity contribution in [2.24, 2.45) is 23.7 Å². The van der Waals surface area contributed by atoms with Gasteiger partial charge in [-0.15, -0.1) is 0 Å². The molecule has 0 saturated heterocycles. The molecule has 0 nitrogen and oxygen atoms in total. The van der Waals surface area contributed by atoms with Crippen LogP contribution in [0.4, 0.5) is 0 Å². The SMILES string of the molecule is C=C(CCC=CCC(C)C(=C)C(C)=C(C)CC1CC1C)CC(C)C. The van der Waals surface area contributed by atoms with Gasteiger partial charge in [-0.1, -0.05) is 64.2 Å². The molecule has 1 fully saturated rings. The zero-order chi connectivity index (χ0) is 18.3. The molecule has 3 unspecified atom stereocenters. The van der Waals surface area contributed by atoms with Gasteiger partial charge in [0.25, 0.3) is 0 Å². The van der Waals surface area contributed by atoms with Gasteiger partial charge < -0.3 is 0 Å². The fourth-order valence-corrected chi connectivity index (χ4v) is 3.40. The van der Waals surface area contributed by atoms with Gasteiger partial charge in [0.15, 0.2) is 0 Å². The van der Waals surface area contributed by atoms with Crippen molar-refractivity contribution in [2.75, 3.05) is 0 Å². The predicted molar refractivity (Wildman–Crippen MR) is 110 cm³/mol. The standard InChI is InChI=1S/C24H40/c1-17(2)14-18(3)12-10-9-11-13-19(4)22(7)23(8)20(5)15-24-16-21(24)6/h9,11,17,19,21,24H,3,7,10,12-16H2,1-2,4-6,8H3. The van der Waals surface area contributed by atoms with Crippen molar-refractivity contribution in [3.8, 4) is 0 Å². The fraction of sp³-hybridized carbons (Fsp3) is 0.667. The van der Waals surface area contributed by atoms with E-state index in [2.05, 4.69) is 66.9 Å². The summed E-state index contributed by atoms with van der Waals surface area (Å²) in [6.45, 7) is 22.3. The molecule has 136 valence electrons. The number of rotatable bonds is 11. The Morgan fingerprint density at radius 2 is 1.75 bits per heavy atom. The Labute approximate surface area is 151 Å². The third-order valence-corrected chi connectivity index (χ3v) is 5.58. The maximum absolute atomic E-state index is 4.38. The van der Waals surface area contributed by atoms with E-state index in [1.54, 1.807) is 5.57 Å². The van der Waals surface area contributed by atoms with Crippen LogP contribution >= 0.6 is 0 Å². The molecule has 0 aromatic rings. The molecule has 0 aromatic carbocycles. The Morgan fingerprint density at radius 3 is 2.29 bits per heavy atom.